The molecule has 36 heavy (non-hydrogen) atoms. The number of primary amides is 1. The molecule has 5 rings (SSSR count). The van der Waals surface area contributed by atoms with Crippen LogP contribution in [0.15, 0.2) is 42.6 Å². The van der Waals surface area contributed by atoms with Crippen LogP contribution in [0, 0.1) is 13.8 Å². The van der Waals surface area contributed by atoms with Crippen molar-refractivity contribution in [2.24, 2.45) is 12.8 Å². The Morgan fingerprint density at radius 1 is 1.14 bits per heavy atom. The molecule has 182 valence electrons. The highest BCUT2D eigenvalue weighted by molar-refractivity contribution is 7.21. The van der Waals surface area contributed by atoms with Crippen molar-refractivity contribution >= 4 is 50.0 Å². The van der Waals surface area contributed by atoms with Crippen LogP contribution in [0.4, 0.5) is 14.5 Å². The lowest BCUT2D eigenvalue weighted by Gasteiger charge is -2.12. The van der Waals surface area contributed by atoms with Crippen molar-refractivity contribution in [3.8, 4) is 11.3 Å². The van der Waals surface area contributed by atoms with E-state index in [-0.39, 0.29) is 15.4 Å². The Bertz CT molecular complexity index is 1690. The second-order valence-electron chi connectivity index (χ2n) is 8.31. The average Bonchev–Trinajstić information content (AvgIpc) is 3.38. The summed E-state index contributed by atoms with van der Waals surface area (Å²) in [6, 6.07) is 10.1. The topological polar surface area (TPSA) is 116 Å². The summed E-state index contributed by atoms with van der Waals surface area (Å²) in [6.07, 6.45) is -1.09. The fourth-order valence-corrected chi connectivity index (χ4v) is 5.21. The number of anilines is 1. The van der Waals surface area contributed by atoms with Crippen LogP contribution in [0.3, 0.4) is 0 Å². The van der Waals surface area contributed by atoms with E-state index in [0.29, 0.717) is 33.1 Å². The van der Waals surface area contributed by atoms with Gasteiger partial charge in [0.25, 0.3) is 18.2 Å². The van der Waals surface area contributed by atoms with Gasteiger partial charge in [-0.2, -0.15) is 5.10 Å². The number of para-hydroxylation sites is 1. The molecule has 0 spiro atoms. The van der Waals surface area contributed by atoms with E-state index in [1.165, 1.54) is 6.07 Å². The van der Waals surface area contributed by atoms with Gasteiger partial charge >= 0.3 is 0 Å². The van der Waals surface area contributed by atoms with Crippen LogP contribution in [0.25, 0.3) is 32.4 Å². The Morgan fingerprint density at radius 3 is 2.56 bits per heavy atom. The number of benzene rings is 1. The maximum Gasteiger partial charge on any atom is 0.280 e. The largest absolute Gasteiger partial charge is 0.365 e. The molecule has 5 aromatic rings. The molecule has 4 aromatic heterocycles. The zero-order valence-corrected chi connectivity index (χ0v) is 20.3. The molecule has 0 saturated heterocycles. The number of thiophene rings is 1. The quantitative estimate of drug-likeness (QED) is 0.342. The molecule has 0 aliphatic carbocycles. The number of amides is 2. The highest BCUT2D eigenvalue weighted by atomic mass is 32.1. The zero-order chi connectivity index (χ0) is 25.7. The first-order valence-corrected chi connectivity index (χ1v) is 11.7. The van der Waals surface area contributed by atoms with Gasteiger partial charge in [0.2, 0.25) is 0 Å². The molecule has 4 heterocycles. The molecule has 0 unspecified atom stereocenters. The van der Waals surface area contributed by atoms with Gasteiger partial charge in [-0.25, -0.2) is 18.7 Å². The number of nitrogens with two attached hydrogens (primary N) is 1. The van der Waals surface area contributed by atoms with Gasteiger partial charge in [0.1, 0.15) is 15.4 Å². The average molecular weight is 507 g/mol. The van der Waals surface area contributed by atoms with Crippen molar-refractivity contribution < 1.29 is 18.4 Å². The second-order valence-corrected chi connectivity index (χ2v) is 9.31. The molecule has 0 bridgehead atoms. The van der Waals surface area contributed by atoms with Crippen molar-refractivity contribution in [3.63, 3.8) is 0 Å². The van der Waals surface area contributed by atoms with Crippen LogP contribution >= 0.6 is 11.3 Å². The number of nitrogens with zero attached hydrogens (tertiary/aromatic N) is 4. The maximum atomic E-state index is 13.7. The number of halogens is 2. The number of nitrogens with one attached hydrogen (secondary N) is 1. The van der Waals surface area contributed by atoms with E-state index in [2.05, 4.69) is 15.4 Å². The number of aryl methyl sites for hydroxylation is 2. The summed E-state index contributed by atoms with van der Waals surface area (Å²) in [5, 5.41) is 8.08. The molecule has 11 heteroatoms. The number of alkyl halides is 2. The first-order chi connectivity index (χ1) is 17.2. The predicted octanol–water partition coefficient (Wildman–Crippen LogP) is 5.15. The molecular weight excluding hydrogens is 486 g/mol. The van der Waals surface area contributed by atoms with Gasteiger partial charge in [0.05, 0.1) is 28.7 Å². The van der Waals surface area contributed by atoms with Crippen LogP contribution in [-0.4, -0.2) is 31.6 Å². The number of carbonyl (C=O) groups is 2. The summed E-state index contributed by atoms with van der Waals surface area (Å²) in [5.74, 6) is -1.30. The van der Waals surface area contributed by atoms with E-state index < -0.39 is 23.9 Å². The lowest BCUT2D eigenvalue weighted by Crippen LogP contribution is -2.17. The summed E-state index contributed by atoms with van der Waals surface area (Å²) >= 11 is 0.866. The minimum absolute atomic E-state index is 0.0297. The summed E-state index contributed by atoms with van der Waals surface area (Å²) in [7, 11) is 1.82. The Morgan fingerprint density at radius 2 is 1.89 bits per heavy atom. The van der Waals surface area contributed by atoms with Crippen LogP contribution in [0.5, 0.6) is 0 Å². The van der Waals surface area contributed by atoms with E-state index in [1.807, 2.05) is 20.0 Å². The van der Waals surface area contributed by atoms with Gasteiger partial charge in [-0.05, 0) is 37.6 Å². The lowest BCUT2D eigenvalue weighted by atomic mass is 10.0. The van der Waals surface area contributed by atoms with E-state index >= 15 is 0 Å². The Kier molecular flexibility index (Phi) is 5.71. The van der Waals surface area contributed by atoms with E-state index in [1.54, 1.807) is 42.1 Å². The van der Waals surface area contributed by atoms with Gasteiger partial charge in [-0.15, -0.1) is 11.3 Å². The molecule has 0 aliphatic heterocycles. The minimum atomic E-state index is -2.78. The first kappa shape index (κ1) is 23.5. The van der Waals surface area contributed by atoms with Crippen molar-refractivity contribution in [3.05, 3.63) is 70.0 Å². The molecular formula is C25H20F2N6O2S. The van der Waals surface area contributed by atoms with E-state index in [9.17, 15) is 18.4 Å². The third kappa shape index (κ3) is 3.87. The monoisotopic (exact) mass is 506 g/mol. The fraction of sp³-hybridized carbons (Fsp3) is 0.160. The van der Waals surface area contributed by atoms with Gasteiger partial charge in [0, 0.05) is 29.1 Å². The van der Waals surface area contributed by atoms with Crippen molar-refractivity contribution in [2.45, 2.75) is 20.3 Å². The predicted molar refractivity (Wildman–Crippen MR) is 134 cm³/mol. The highest BCUT2D eigenvalue weighted by Gasteiger charge is 2.24. The number of hydrogen-bond donors (Lipinski definition) is 2. The van der Waals surface area contributed by atoms with Crippen LogP contribution < -0.4 is 11.1 Å². The smallest absolute Gasteiger partial charge is 0.280 e. The molecule has 2 amide bonds. The van der Waals surface area contributed by atoms with Crippen molar-refractivity contribution in [1.82, 2.24) is 19.7 Å². The number of aromatic nitrogens is 4. The third-order valence-electron chi connectivity index (χ3n) is 6.04. The summed E-state index contributed by atoms with van der Waals surface area (Å²) in [6.45, 7) is 3.52. The molecule has 0 aliphatic rings. The lowest BCUT2D eigenvalue weighted by molar-refractivity contribution is 0.100. The van der Waals surface area contributed by atoms with Crippen LogP contribution in [0.2, 0.25) is 0 Å². The van der Waals surface area contributed by atoms with Crippen molar-refractivity contribution in [2.75, 3.05) is 5.32 Å². The molecule has 0 radical (unpaired) electrons. The normalized spacial score (nSPS) is 11.5. The molecule has 0 atom stereocenters. The molecule has 0 fully saturated rings. The second kappa shape index (κ2) is 8.76. The number of pyridine rings is 2. The fourth-order valence-electron chi connectivity index (χ4n) is 4.14. The number of carbonyl (C=O) groups excluding carboxylic acids is 2. The third-order valence-corrected chi connectivity index (χ3v) is 7.14. The number of fused-ring (bicyclic) bond motifs is 2. The number of hydrogen-bond acceptors (Lipinski definition) is 6. The Hall–Kier alpha value is -4.25. The SMILES string of the molecule is Cc1cc(C(F)F)nc2sc(C(N)=O)c(NC(=O)c3cc(-c4cnn(C)c4C)nc4ccccc34)c12. The van der Waals surface area contributed by atoms with E-state index in [0.717, 1.165) is 22.6 Å². The van der Waals surface area contributed by atoms with Gasteiger partial charge in [-0.1, -0.05) is 18.2 Å². The Labute approximate surface area is 207 Å². The van der Waals surface area contributed by atoms with Gasteiger partial charge in [-0.3, -0.25) is 14.3 Å². The molecule has 1 aromatic carbocycles. The highest BCUT2D eigenvalue weighted by Crippen LogP contribution is 2.39. The first-order valence-electron chi connectivity index (χ1n) is 10.9. The molecule has 0 saturated carbocycles. The maximum absolute atomic E-state index is 13.7. The van der Waals surface area contributed by atoms with Gasteiger partial charge < -0.3 is 11.1 Å². The van der Waals surface area contributed by atoms with Crippen LogP contribution in [-0.2, 0) is 7.05 Å². The zero-order valence-electron chi connectivity index (χ0n) is 19.5. The summed E-state index contributed by atoms with van der Waals surface area (Å²) < 4.78 is 28.3. The van der Waals surface area contributed by atoms with Crippen molar-refractivity contribution in [1.29, 1.82) is 0 Å². The molecule has 3 N–H and O–H groups in total. The van der Waals surface area contributed by atoms with E-state index in [4.69, 9.17) is 10.7 Å². The summed E-state index contributed by atoms with van der Waals surface area (Å²) in [5.41, 5.74) is 8.90. The minimum Gasteiger partial charge on any atom is -0.365 e. The van der Waals surface area contributed by atoms with Gasteiger partial charge in [0.15, 0.2) is 0 Å². The standard InChI is InChI=1S/C25H20F2N6O2S/c1-11-8-18(22(26)27)31-25-19(11)20(21(36-25)23(28)34)32-24(35)14-9-17(15-10-29-33(3)12(15)2)30-16-7-5-4-6-13(14)16/h4-10,22H,1-3H3,(H2,28,34)(H,32,35). The summed E-state index contributed by atoms with van der Waals surface area (Å²) in [4.78, 5) is 34.8. The van der Waals surface area contributed by atoms with Crippen LogP contribution in [0.1, 0.15) is 43.4 Å². The number of rotatable bonds is 5. The Balaban J connectivity index is 1.67. The molecule has 8 nitrogen and oxygen atoms in total.